The van der Waals surface area contributed by atoms with E-state index in [2.05, 4.69) is 21.7 Å². The number of fused-ring (bicyclic) bond motifs is 1. The first-order valence-electron chi connectivity index (χ1n) is 10.8. The van der Waals surface area contributed by atoms with Crippen molar-refractivity contribution in [3.05, 3.63) is 42.1 Å². The van der Waals surface area contributed by atoms with Crippen molar-refractivity contribution in [2.45, 2.75) is 12.0 Å². The number of hydrogen-bond acceptors (Lipinski definition) is 8. The Labute approximate surface area is 191 Å². The maximum atomic E-state index is 12.2. The van der Waals surface area contributed by atoms with Crippen LogP contribution >= 0.6 is 0 Å². The number of ether oxygens (including phenoxy) is 1. The van der Waals surface area contributed by atoms with Crippen molar-refractivity contribution in [2.24, 2.45) is 0 Å². The van der Waals surface area contributed by atoms with Gasteiger partial charge < -0.3 is 25.4 Å². The fraction of sp³-hybridized carbons (Fsp3) is 0.333. The number of anilines is 2. The Morgan fingerprint density at radius 1 is 1.18 bits per heavy atom. The van der Waals surface area contributed by atoms with Crippen molar-refractivity contribution in [3.8, 4) is 23.2 Å². The van der Waals surface area contributed by atoms with Crippen LogP contribution in [0.2, 0.25) is 0 Å². The zero-order valence-electron chi connectivity index (χ0n) is 18.3. The third-order valence-corrected chi connectivity index (χ3v) is 5.98. The van der Waals surface area contributed by atoms with Crippen LogP contribution in [-0.4, -0.2) is 76.4 Å². The third-order valence-electron chi connectivity index (χ3n) is 5.98. The molecule has 0 saturated carbocycles. The van der Waals surface area contributed by atoms with Crippen LogP contribution < -0.4 is 10.6 Å². The first kappa shape index (κ1) is 21.1. The predicted octanol–water partition coefficient (Wildman–Crippen LogP) is 1.06. The number of amides is 1. The standard InChI is InChI=1S/C24H24N6O3/c1-29-10-8-24(32,23(29)31)7-5-16-3-2-4-17(15-16)21-27-19-18(6-9-26-20(19)25)22(28-21)30-11-13-33-14-12-30/h2-4,6,9,15,32H,8,10-14H2,1H3,(H2,25,26)/t24-/m1/s1. The van der Waals surface area contributed by atoms with Gasteiger partial charge >= 0.3 is 0 Å². The lowest BCUT2D eigenvalue weighted by molar-refractivity contribution is -0.137. The van der Waals surface area contributed by atoms with Crippen molar-refractivity contribution >= 4 is 28.4 Å². The van der Waals surface area contributed by atoms with Crippen LogP contribution in [0.1, 0.15) is 12.0 Å². The molecule has 9 heteroatoms. The first-order valence-corrected chi connectivity index (χ1v) is 10.8. The molecule has 0 spiro atoms. The minimum absolute atomic E-state index is 0.290. The zero-order chi connectivity index (χ0) is 23.0. The van der Waals surface area contributed by atoms with E-state index in [1.165, 1.54) is 4.90 Å². The van der Waals surface area contributed by atoms with Crippen molar-refractivity contribution < 1.29 is 14.6 Å². The number of carbonyl (C=O) groups is 1. The van der Waals surface area contributed by atoms with E-state index in [9.17, 15) is 9.90 Å². The largest absolute Gasteiger partial charge is 0.382 e. The summed E-state index contributed by atoms with van der Waals surface area (Å²) in [7, 11) is 1.66. The fourth-order valence-electron chi connectivity index (χ4n) is 4.09. The third kappa shape index (κ3) is 3.95. The topological polar surface area (TPSA) is 118 Å². The predicted molar refractivity (Wildman–Crippen MR) is 124 cm³/mol. The number of likely N-dealkylation sites (N-methyl/N-ethyl adjacent to an activating group) is 1. The van der Waals surface area contributed by atoms with E-state index in [0.29, 0.717) is 42.5 Å². The van der Waals surface area contributed by atoms with E-state index in [1.54, 1.807) is 13.2 Å². The second-order valence-electron chi connectivity index (χ2n) is 8.23. The van der Waals surface area contributed by atoms with Gasteiger partial charge in [0.2, 0.25) is 5.60 Å². The monoisotopic (exact) mass is 444 g/mol. The minimum Gasteiger partial charge on any atom is -0.382 e. The summed E-state index contributed by atoms with van der Waals surface area (Å²) < 4.78 is 5.49. The van der Waals surface area contributed by atoms with Crippen LogP contribution in [0, 0.1) is 11.8 Å². The molecule has 1 amide bonds. The molecule has 168 valence electrons. The highest BCUT2D eigenvalue weighted by atomic mass is 16.5. The van der Waals surface area contributed by atoms with Crippen LogP contribution in [-0.2, 0) is 9.53 Å². The van der Waals surface area contributed by atoms with E-state index in [-0.39, 0.29) is 12.3 Å². The summed E-state index contributed by atoms with van der Waals surface area (Å²) in [5.41, 5.74) is 6.51. The van der Waals surface area contributed by atoms with Crippen LogP contribution in [0.4, 0.5) is 11.6 Å². The summed E-state index contributed by atoms with van der Waals surface area (Å²) in [6.07, 6.45) is 1.95. The summed E-state index contributed by atoms with van der Waals surface area (Å²) >= 11 is 0. The Bertz CT molecular complexity index is 1290. The number of carbonyl (C=O) groups excluding carboxylic acids is 1. The van der Waals surface area contributed by atoms with Gasteiger partial charge in [0.05, 0.1) is 13.2 Å². The van der Waals surface area contributed by atoms with E-state index in [4.69, 9.17) is 20.4 Å². The molecular formula is C24H24N6O3. The lowest BCUT2D eigenvalue weighted by Gasteiger charge is -2.29. The Morgan fingerprint density at radius 2 is 2.00 bits per heavy atom. The van der Waals surface area contributed by atoms with Gasteiger partial charge in [0, 0.05) is 55.8 Å². The average Bonchev–Trinajstić information content (AvgIpc) is 3.11. The van der Waals surface area contributed by atoms with Crippen molar-refractivity contribution in [1.82, 2.24) is 19.9 Å². The normalized spacial score (nSPS) is 20.7. The molecule has 5 rings (SSSR count). The summed E-state index contributed by atoms with van der Waals surface area (Å²) in [5.74, 6) is 6.96. The molecule has 0 unspecified atom stereocenters. The Kier molecular flexibility index (Phi) is 5.32. The van der Waals surface area contributed by atoms with Gasteiger partial charge in [-0.15, -0.1) is 0 Å². The van der Waals surface area contributed by atoms with E-state index in [1.807, 2.05) is 30.3 Å². The molecule has 4 heterocycles. The van der Waals surface area contributed by atoms with Gasteiger partial charge in [-0.3, -0.25) is 4.79 Å². The first-order chi connectivity index (χ1) is 15.9. The molecule has 0 radical (unpaired) electrons. The number of aliphatic hydroxyl groups is 1. The van der Waals surface area contributed by atoms with Gasteiger partial charge in [0.25, 0.3) is 5.91 Å². The van der Waals surface area contributed by atoms with E-state index >= 15 is 0 Å². The van der Waals surface area contributed by atoms with Gasteiger partial charge in [-0.05, 0) is 18.2 Å². The highest BCUT2D eigenvalue weighted by Crippen LogP contribution is 2.30. The van der Waals surface area contributed by atoms with Crippen LogP contribution in [0.5, 0.6) is 0 Å². The van der Waals surface area contributed by atoms with Gasteiger partial charge in [-0.1, -0.05) is 24.0 Å². The van der Waals surface area contributed by atoms with Gasteiger partial charge in [-0.2, -0.15) is 0 Å². The highest BCUT2D eigenvalue weighted by Gasteiger charge is 2.42. The summed E-state index contributed by atoms with van der Waals surface area (Å²) in [6.45, 7) is 3.18. The average molecular weight is 444 g/mol. The maximum Gasteiger partial charge on any atom is 0.267 e. The number of rotatable bonds is 2. The number of aromatic nitrogens is 3. The fourth-order valence-corrected chi connectivity index (χ4v) is 4.09. The molecule has 3 N–H and O–H groups in total. The number of nitrogen functional groups attached to an aromatic ring is 1. The SMILES string of the molecule is CN1CC[C@](O)(C#Cc2cccc(-c3nc(N4CCOCC4)c4ccnc(N)c4n3)c2)C1=O. The van der Waals surface area contributed by atoms with E-state index in [0.717, 1.165) is 29.9 Å². The molecule has 2 aromatic heterocycles. The van der Waals surface area contributed by atoms with Crippen LogP contribution in [0.25, 0.3) is 22.3 Å². The molecule has 33 heavy (non-hydrogen) atoms. The van der Waals surface area contributed by atoms with Gasteiger partial charge in [-0.25, -0.2) is 15.0 Å². The highest BCUT2D eigenvalue weighted by molar-refractivity contribution is 5.96. The molecule has 2 aliphatic heterocycles. The number of nitrogens with zero attached hydrogens (tertiary/aromatic N) is 5. The molecule has 1 aromatic carbocycles. The lowest BCUT2D eigenvalue weighted by Crippen LogP contribution is -2.37. The lowest BCUT2D eigenvalue weighted by atomic mass is 10.0. The molecule has 3 aromatic rings. The molecule has 2 saturated heterocycles. The van der Waals surface area contributed by atoms with Crippen LogP contribution in [0.3, 0.4) is 0 Å². The molecular weight excluding hydrogens is 420 g/mol. The Hall–Kier alpha value is -3.74. The number of likely N-dealkylation sites (tertiary alicyclic amines) is 1. The van der Waals surface area contributed by atoms with Crippen molar-refractivity contribution in [3.63, 3.8) is 0 Å². The van der Waals surface area contributed by atoms with Gasteiger partial charge in [0.1, 0.15) is 17.2 Å². The summed E-state index contributed by atoms with van der Waals surface area (Å²) in [4.78, 5) is 29.6. The second-order valence-corrected chi connectivity index (χ2v) is 8.23. The summed E-state index contributed by atoms with van der Waals surface area (Å²) in [5, 5.41) is 11.4. The van der Waals surface area contributed by atoms with E-state index < -0.39 is 5.60 Å². The Balaban J connectivity index is 1.56. The number of morpholine rings is 1. The minimum atomic E-state index is -1.65. The van der Waals surface area contributed by atoms with Gasteiger partial charge in [0.15, 0.2) is 5.82 Å². The summed E-state index contributed by atoms with van der Waals surface area (Å²) in [6, 6.07) is 9.28. The zero-order valence-corrected chi connectivity index (χ0v) is 18.3. The smallest absolute Gasteiger partial charge is 0.267 e. The van der Waals surface area contributed by atoms with Crippen molar-refractivity contribution in [2.75, 3.05) is 50.5 Å². The molecule has 9 nitrogen and oxygen atoms in total. The number of hydrogen-bond donors (Lipinski definition) is 2. The number of nitrogens with two attached hydrogens (primary N) is 1. The molecule has 1 atom stereocenters. The number of pyridine rings is 1. The van der Waals surface area contributed by atoms with Crippen molar-refractivity contribution in [1.29, 1.82) is 0 Å². The maximum absolute atomic E-state index is 12.2. The molecule has 0 aliphatic carbocycles. The molecule has 2 fully saturated rings. The molecule has 2 aliphatic rings. The quantitative estimate of drug-likeness (QED) is 0.564. The Morgan fingerprint density at radius 3 is 2.76 bits per heavy atom. The molecule has 0 bridgehead atoms. The van der Waals surface area contributed by atoms with Crippen LogP contribution in [0.15, 0.2) is 36.5 Å². The second kappa shape index (κ2) is 8.31. The number of benzene rings is 1.